The second-order valence-corrected chi connectivity index (χ2v) is 5.89. The second-order valence-electron chi connectivity index (χ2n) is 5.89. The van der Waals surface area contributed by atoms with Gasteiger partial charge >= 0.3 is 0 Å². The minimum absolute atomic E-state index is 0.209. The highest BCUT2D eigenvalue weighted by Crippen LogP contribution is 2.27. The van der Waals surface area contributed by atoms with Crippen molar-refractivity contribution < 1.29 is 4.79 Å². The molecule has 1 heterocycles. The van der Waals surface area contributed by atoms with Crippen LogP contribution < -0.4 is 5.32 Å². The van der Waals surface area contributed by atoms with Crippen LogP contribution in [0.2, 0.25) is 0 Å². The molecule has 0 atom stereocenters. The maximum absolute atomic E-state index is 11.7. The number of rotatable bonds is 8. The monoisotopic (exact) mass is 277 g/mol. The van der Waals surface area contributed by atoms with Gasteiger partial charge in [0.1, 0.15) is 5.82 Å². The van der Waals surface area contributed by atoms with Crippen LogP contribution in [0.4, 0.5) is 0 Å². The minimum atomic E-state index is 0.209. The third kappa shape index (κ3) is 5.76. The van der Waals surface area contributed by atoms with Crippen LogP contribution in [-0.2, 0) is 11.2 Å². The molecule has 0 unspecified atom stereocenters. The van der Waals surface area contributed by atoms with Crippen LogP contribution in [0.25, 0.3) is 0 Å². The van der Waals surface area contributed by atoms with Gasteiger partial charge in [0.05, 0.1) is 0 Å². The van der Waals surface area contributed by atoms with Gasteiger partial charge in [-0.25, -0.2) is 4.98 Å². The maximum Gasteiger partial charge on any atom is 0.219 e. The van der Waals surface area contributed by atoms with Crippen LogP contribution in [0, 0.1) is 5.92 Å². The summed E-state index contributed by atoms with van der Waals surface area (Å²) in [5, 5.41) is 3.00. The normalized spacial score (nSPS) is 16.2. The molecular weight excluding hydrogens is 250 g/mol. The summed E-state index contributed by atoms with van der Waals surface area (Å²) in [6, 6.07) is 0. The first-order valence-electron chi connectivity index (χ1n) is 8.09. The average molecular weight is 277 g/mol. The van der Waals surface area contributed by atoms with Crippen molar-refractivity contribution in [1.29, 1.82) is 0 Å². The van der Waals surface area contributed by atoms with E-state index in [1.165, 1.54) is 38.5 Å². The highest BCUT2D eigenvalue weighted by molar-refractivity contribution is 5.75. The summed E-state index contributed by atoms with van der Waals surface area (Å²) in [5.41, 5.74) is 0. The van der Waals surface area contributed by atoms with E-state index >= 15 is 0 Å². The quantitative estimate of drug-likeness (QED) is 0.717. The lowest BCUT2D eigenvalue weighted by Crippen LogP contribution is -2.24. The molecule has 0 aliphatic heterocycles. The molecule has 112 valence electrons. The average Bonchev–Trinajstić information content (AvgIpc) is 2.98. The maximum atomic E-state index is 11.7. The number of aromatic nitrogens is 2. The first-order valence-corrected chi connectivity index (χ1v) is 8.09. The molecule has 1 fully saturated rings. The zero-order chi connectivity index (χ0) is 14.0. The first kappa shape index (κ1) is 15.1. The van der Waals surface area contributed by atoms with Gasteiger partial charge in [0.15, 0.2) is 0 Å². The van der Waals surface area contributed by atoms with Crippen LogP contribution in [0.1, 0.15) is 63.6 Å². The van der Waals surface area contributed by atoms with E-state index in [2.05, 4.69) is 15.3 Å². The predicted molar refractivity (Wildman–Crippen MR) is 80.3 cm³/mol. The summed E-state index contributed by atoms with van der Waals surface area (Å²) in [5.74, 6) is 2.09. The highest BCUT2D eigenvalue weighted by atomic mass is 16.1. The number of aromatic amines is 1. The lowest BCUT2D eigenvalue weighted by molar-refractivity contribution is -0.121. The van der Waals surface area contributed by atoms with Crippen molar-refractivity contribution in [3.8, 4) is 0 Å². The third-order valence-electron chi connectivity index (χ3n) is 4.21. The van der Waals surface area contributed by atoms with Crippen molar-refractivity contribution in [2.45, 2.75) is 64.2 Å². The molecule has 2 rings (SSSR count). The molecule has 1 aliphatic carbocycles. The number of aryl methyl sites for hydroxylation is 1. The summed E-state index contributed by atoms with van der Waals surface area (Å²) < 4.78 is 0. The summed E-state index contributed by atoms with van der Waals surface area (Å²) in [4.78, 5) is 18.9. The minimum Gasteiger partial charge on any atom is -0.356 e. The second kappa shape index (κ2) is 8.77. The molecular formula is C16H27N3O. The predicted octanol–water partition coefficient (Wildman–Crippen LogP) is 3.21. The number of imidazole rings is 1. The van der Waals surface area contributed by atoms with Crippen molar-refractivity contribution >= 4 is 5.91 Å². The largest absolute Gasteiger partial charge is 0.356 e. The fraction of sp³-hybridized carbons (Fsp3) is 0.750. The van der Waals surface area contributed by atoms with Gasteiger partial charge in [-0.15, -0.1) is 0 Å². The van der Waals surface area contributed by atoms with E-state index in [-0.39, 0.29) is 5.91 Å². The molecule has 0 saturated heterocycles. The zero-order valence-corrected chi connectivity index (χ0v) is 12.4. The lowest BCUT2D eigenvalue weighted by Gasteiger charge is -2.21. The van der Waals surface area contributed by atoms with E-state index in [1.807, 2.05) is 6.20 Å². The van der Waals surface area contributed by atoms with E-state index in [1.54, 1.807) is 6.20 Å². The number of carbonyl (C=O) groups excluding carboxylic acids is 1. The Morgan fingerprint density at radius 2 is 2.15 bits per heavy atom. The van der Waals surface area contributed by atoms with Crippen LogP contribution in [0.15, 0.2) is 12.4 Å². The van der Waals surface area contributed by atoms with Crippen molar-refractivity contribution in [2.75, 3.05) is 6.54 Å². The van der Waals surface area contributed by atoms with E-state index in [4.69, 9.17) is 0 Å². The van der Waals surface area contributed by atoms with Crippen LogP contribution in [0.3, 0.4) is 0 Å². The van der Waals surface area contributed by atoms with Crippen LogP contribution in [0.5, 0.6) is 0 Å². The Morgan fingerprint density at radius 3 is 2.90 bits per heavy atom. The molecule has 0 aromatic carbocycles. The molecule has 4 nitrogen and oxygen atoms in total. The summed E-state index contributed by atoms with van der Waals surface area (Å²) in [6.45, 7) is 0.753. The van der Waals surface area contributed by atoms with Gasteiger partial charge in [0.25, 0.3) is 0 Å². The Hall–Kier alpha value is -1.32. The van der Waals surface area contributed by atoms with Gasteiger partial charge in [-0.05, 0) is 25.2 Å². The fourth-order valence-corrected chi connectivity index (χ4v) is 3.03. The van der Waals surface area contributed by atoms with Gasteiger partial charge in [0, 0.05) is 31.8 Å². The first-order chi connectivity index (χ1) is 9.84. The van der Waals surface area contributed by atoms with Crippen molar-refractivity contribution in [3.63, 3.8) is 0 Å². The van der Waals surface area contributed by atoms with Gasteiger partial charge in [-0.1, -0.05) is 32.1 Å². The van der Waals surface area contributed by atoms with Crippen LogP contribution in [-0.4, -0.2) is 22.4 Å². The Labute approximate surface area is 121 Å². The van der Waals surface area contributed by atoms with Crippen molar-refractivity contribution in [3.05, 3.63) is 18.2 Å². The molecule has 1 aromatic heterocycles. The Bertz CT molecular complexity index is 369. The molecule has 1 amide bonds. The molecule has 1 aromatic rings. The Kier molecular flexibility index (Phi) is 6.61. The van der Waals surface area contributed by atoms with E-state index in [0.29, 0.717) is 6.42 Å². The van der Waals surface area contributed by atoms with E-state index in [9.17, 15) is 4.79 Å². The van der Waals surface area contributed by atoms with Gasteiger partial charge in [-0.3, -0.25) is 4.79 Å². The SMILES string of the molecule is O=C(CCCC1CCCCC1)NCCCc1ncc[nH]1. The summed E-state index contributed by atoms with van der Waals surface area (Å²) in [7, 11) is 0. The third-order valence-corrected chi connectivity index (χ3v) is 4.21. The Morgan fingerprint density at radius 1 is 1.30 bits per heavy atom. The molecule has 20 heavy (non-hydrogen) atoms. The smallest absolute Gasteiger partial charge is 0.219 e. The van der Waals surface area contributed by atoms with E-state index < -0.39 is 0 Å². The topological polar surface area (TPSA) is 57.8 Å². The number of nitrogens with one attached hydrogen (secondary N) is 2. The van der Waals surface area contributed by atoms with Gasteiger partial charge in [0.2, 0.25) is 5.91 Å². The summed E-state index contributed by atoms with van der Waals surface area (Å²) in [6.07, 6.45) is 15.4. The fourth-order valence-electron chi connectivity index (χ4n) is 3.03. The highest BCUT2D eigenvalue weighted by Gasteiger charge is 2.13. The number of hydrogen-bond donors (Lipinski definition) is 2. The molecule has 0 bridgehead atoms. The van der Waals surface area contributed by atoms with E-state index in [0.717, 1.165) is 37.5 Å². The molecule has 4 heteroatoms. The number of H-pyrrole nitrogens is 1. The van der Waals surface area contributed by atoms with Gasteiger partial charge < -0.3 is 10.3 Å². The number of nitrogens with zero attached hydrogens (tertiary/aromatic N) is 1. The molecule has 2 N–H and O–H groups in total. The number of hydrogen-bond acceptors (Lipinski definition) is 2. The Balaban J connectivity index is 1.45. The van der Waals surface area contributed by atoms with Crippen molar-refractivity contribution in [2.24, 2.45) is 5.92 Å². The molecule has 0 radical (unpaired) electrons. The zero-order valence-electron chi connectivity index (χ0n) is 12.4. The molecule has 0 spiro atoms. The van der Waals surface area contributed by atoms with Crippen molar-refractivity contribution in [1.82, 2.24) is 15.3 Å². The van der Waals surface area contributed by atoms with Gasteiger partial charge in [-0.2, -0.15) is 0 Å². The molecule has 1 aliphatic rings. The number of amides is 1. The standard InChI is InChI=1S/C16H27N3O/c20-16(10-4-8-14-6-2-1-3-7-14)19-11-5-9-15-17-12-13-18-15/h12-14H,1-11H2,(H,17,18)(H,19,20). The molecule has 1 saturated carbocycles. The lowest BCUT2D eigenvalue weighted by atomic mass is 9.86. The number of carbonyl (C=O) groups is 1. The van der Waals surface area contributed by atoms with Crippen LogP contribution >= 0.6 is 0 Å². The summed E-state index contributed by atoms with van der Waals surface area (Å²) >= 11 is 0.